The zero-order valence-corrected chi connectivity index (χ0v) is 27.8. The maximum absolute atomic E-state index is 6.44. The first kappa shape index (κ1) is 28.2. The summed E-state index contributed by atoms with van der Waals surface area (Å²) in [6.45, 7) is 0. The van der Waals surface area contributed by atoms with Crippen LogP contribution in [0.5, 0.6) is 0 Å². The molecule has 0 atom stereocenters. The van der Waals surface area contributed by atoms with Gasteiger partial charge in [0.25, 0.3) is 0 Å². The average molecular weight is 672 g/mol. The van der Waals surface area contributed by atoms with Gasteiger partial charge in [-0.25, -0.2) is 15.0 Å². The van der Waals surface area contributed by atoms with Gasteiger partial charge in [0.2, 0.25) is 0 Å². The van der Waals surface area contributed by atoms with Gasteiger partial charge in [-0.1, -0.05) is 84.9 Å². The smallest absolute Gasteiger partial charge is 0.164 e. The molecule has 7 aromatic carbocycles. The molecule has 51 heavy (non-hydrogen) atoms. The molecule has 11 rings (SSSR count). The molecule has 5 nitrogen and oxygen atoms in total. The summed E-state index contributed by atoms with van der Waals surface area (Å²) < 4.78 is 15.1. The zero-order chi connectivity index (χ0) is 33.5. The summed E-state index contributed by atoms with van der Waals surface area (Å²) in [4.78, 5) is 15.0. The van der Waals surface area contributed by atoms with Crippen LogP contribution in [0.2, 0.25) is 0 Å². The van der Waals surface area contributed by atoms with Crippen molar-refractivity contribution in [3.8, 4) is 45.3 Å². The fraction of sp³-hybridized carbons (Fsp3) is 0. The van der Waals surface area contributed by atoms with Gasteiger partial charge in [-0.15, -0.1) is 11.3 Å². The van der Waals surface area contributed by atoms with Crippen molar-refractivity contribution in [2.75, 3.05) is 0 Å². The Morgan fingerprint density at radius 2 is 0.824 bits per heavy atom. The van der Waals surface area contributed by atoms with Crippen LogP contribution in [0.4, 0.5) is 0 Å². The van der Waals surface area contributed by atoms with Crippen molar-refractivity contribution in [1.82, 2.24) is 15.0 Å². The minimum atomic E-state index is 0.594. The van der Waals surface area contributed by atoms with Crippen LogP contribution in [0.3, 0.4) is 0 Å². The Morgan fingerprint density at radius 3 is 1.65 bits per heavy atom. The van der Waals surface area contributed by atoms with Crippen molar-refractivity contribution < 1.29 is 8.83 Å². The summed E-state index contributed by atoms with van der Waals surface area (Å²) in [7, 11) is 0. The van der Waals surface area contributed by atoms with Crippen LogP contribution in [0.25, 0.3) is 109 Å². The van der Waals surface area contributed by atoms with Crippen molar-refractivity contribution >= 4 is 75.4 Å². The van der Waals surface area contributed by atoms with Gasteiger partial charge in [0.15, 0.2) is 17.5 Å². The Balaban J connectivity index is 1.02. The van der Waals surface area contributed by atoms with Gasteiger partial charge in [0.05, 0.1) is 0 Å². The summed E-state index contributed by atoms with van der Waals surface area (Å²) in [5.41, 5.74) is 8.32. The van der Waals surface area contributed by atoms with Crippen molar-refractivity contribution in [1.29, 1.82) is 0 Å². The Kier molecular flexibility index (Phi) is 6.05. The van der Waals surface area contributed by atoms with Gasteiger partial charge in [0.1, 0.15) is 22.3 Å². The number of nitrogens with zero attached hydrogens (tertiary/aromatic N) is 3. The number of thiophene rings is 1. The fourth-order valence-corrected chi connectivity index (χ4v) is 8.30. The number of rotatable bonds is 4. The van der Waals surface area contributed by atoms with Crippen LogP contribution in [0, 0.1) is 0 Å². The van der Waals surface area contributed by atoms with E-state index in [1.807, 2.05) is 60.7 Å². The minimum Gasteiger partial charge on any atom is -0.456 e. The Hall–Kier alpha value is -6.63. The quantitative estimate of drug-likeness (QED) is 0.186. The summed E-state index contributed by atoms with van der Waals surface area (Å²) in [6, 6.07) is 52.3. The molecule has 0 spiro atoms. The molecular formula is C45H25N3O2S. The van der Waals surface area contributed by atoms with E-state index in [0.29, 0.717) is 17.5 Å². The molecule has 0 saturated carbocycles. The van der Waals surface area contributed by atoms with Crippen molar-refractivity contribution in [3.63, 3.8) is 0 Å². The second-order valence-electron chi connectivity index (χ2n) is 12.8. The van der Waals surface area contributed by atoms with Gasteiger partial charge < -0.3 is 8.83 Å². The Bertz CT molecular complexity index is 3160. The summed E-state index contributed by atoms with van der Waals surface area (Å²) in [5, 5.41) is 6.78. The number of para-hydroxylation sites is 1. The zero-order valence-electron chi connectivity index (χ0n) is 27.0. The van der Waals surface area contributed by atoms with Crippen LogP contribution in [-0.2, 0) is 0 Å². The molecular weight excluding hydrogens is 647 g/mol. The second-order valence-corrected chi connectivity index (χ2v) is 13.9. The summed E-state index contributed by atoms with van der Waals surface area (Å²) in [6.07, 6.45) is 0. The molecule has 0 saturated heterocycles. The molecule has 238 valence electrons. The topological polar surface area (TPSA) is 65.0 Å². The van der Waals surface area contributed by atoms with Crippen molar-refractivity contribution in [2.24, 2.45) is 0 Å². The second kappa shape index (κ2) is 10.9. The van der Waals surface area contributed by atoms with E-state index in [0.717, 1.165) is 71.7 Å². The monoisotopic (exact) mass is 671 g/mol. The van der Waals surface area contributed by atoms with E-state index in [4.69, 9.17) is 23.8 Å². The molecule has 0 unspecified atom stereocenters. The molecule has 4 heterocycles. The molecule has 0 N–H and O–H groups in total. The normalized spacial score (nSPS) is 11.9. The maximum atomic E-state index is 6.44. The first-order chi connectivity index (χ1) is 25.2. The van der Waals surface area contributed by atoms with E-state index < -0.39 is 0 Å². The van der Waals surface area contributed by atoms with E-state index in [1.54, 1.807) is 11.3 Å². The van der Waals surface area contributed by atoms with Gasteiger partial charge in [-0.2, -0.15) is 0 Å². The highest BCUT2D eigenvalue weighted by Gasteiger charge is 2.17. The number of benzene rings is 7. The average Bonchev–Trinajstić information content (AvgIpc) is 3.88. The minimum absolute atomic E-state index is 0.594. The molecule has 0 aliphatic heterocycles. The predicted octanol–water partition coefficient (Wildman–Crippen LogP) is 12.7. The number of hydrogen-bond acceptors (Lipinski definition) is 6. The molecule has 11 aromatic rings. The molecule has 0 bridgehead atoms. The lowest BCUT2D eigenvalue weighted by atomic mass is 10.0. The third-order valence-electron chi connectivity index (χ3n) is 9.74. The van der Waals surface area contributed by atoms with Crippen LogP contribution in [0.1, 0.15) is 0 Å². The van der Waals surface area contributed by atoms with E-state index in [1.165, 1.54) is 20.2 Å². The van der Waals surface area contributed by atoms with Crippen LogP contribution >= 0.6 is 11.3 Å². The molecule has 0 amide bonds. The Labute approximate surface area is 295 Å². The lowest BCUT2D eigenvalue weighted by molar-refractivity contribution is 0.669. The molecule has 6 heteroatoms. The van der Waals surface area contributed by atoms with Crippen LogP contribution in [0.15, 0.2) is 160 Å². The lowest BCUT2D eigenvalue weighted by Crippen LogP contribution is -2.00. The summed E-state index contributed by atoms with van der Waals surface area (Å²) in [5.74, 6) is 1.85. The Morgan fingerprint density at radius 1 is 0.314 bits per heavy atom. The summed E-state index contributed by atoms with van der Waals surface area (Å²) >= 11 is 1.80. The third-order valence-corrected chi connectivity index (χ3v) is 10.9. The number of aromatic nitrogens is 3. The van der Waals surface area contributed by atoms with Crippen LogP contribution < -0.4 is 0 Å². The van der Waals surface area contributed by atoms with Crippen molar-refractivity contribution in [2.45, 2.75) is 0 Å². The van der Waals surface area contributed by atoms with Gasteiger partial charge >= 0.3 is 0 Å². The highest BCUT2D eigenvalue weighted by atomic mass is 32.1. The number of fused-ring (bicyclic) bond motifs is 9. The highest BCUT2D eigenvalue weighted by Crippen LogP contribution is 2.39. The molecule has 4 aromatic heterocycles. The van der Waals surface area contributed by atoms with Gasteiger partial charge in [0, 0.05) is 58.4 Å². The molecule has 0 aliphatic rings. The van der Waals surface area contributed by atoms with Gasteiger partial charge in [-0.05, 0) is 77.9 Å². The fourth-order valence-electron chi connectivity index (χ4n) is 7.22. The van der Waals surface area contributed by atoms with E-state index >= 15 is 0 Å². The lowest BCUT2D eigenvalue weighted by Gasteiger charge is -2.09. The predicted molar refractivity (Wildman–Crippen MR) is 209 cm³/mol. The van der Waals surface area contributed by atoms with Crippen molar-refractivity contribution in [3.05, 3.63) is 152 Å². The van der Waals surface area contributed by atoms with E-state index in [9.17, 15) is 0 Å². The standard InChI is InChI=1S/C45H25N3O2S/c1-2-8-26(9-3-1)43-46-44(29-17-21-42-36(23-29)34-11-5-7-13-41(34)51-42)48-45(47-43)30-15-19-33-35-22-27(16-20-38(35)50-40(33)25-30)28-14-18-32-31-10-4-6-12-37(31)49-39(32)24-28/h1-25H. The maximum Gasteiger partial charge on any atom is 0.164 e. The first-order valence-electron chi connectivity index (χ1n) is 16.8. The largest absolute Gasteiger partial charge is 0.456 e. The van der Waals surface area contributed by atoms with Crippen LogP contribution in [-0.4, -0.2) is 15.0 Å². The number of furan rings is 2. The molecule has 0 radical (unpaired) electrons. The van der Waals surface area contributed by atoms with Gasteiger partial charge in [-0.3, -0.25) is 0 Å². The molecule has 0 aliphatic carbocycles. The third kappa shape index (κ3) is 4.58. The molecule has 0 fully saturated rings. The first-order valence-corrected chi connectivity index (χ1v) is 17.7. The number of hydrogen-bond donors (Lipinski definition) is 0. The van der Waals surface area contributed by atoms with E-state index in [-0.39, 0.29) is 0 Å². The highest BCUT2D eigenvalue weighted by molar-refractivity contribution is 7.25. The SMILES string of the molecule is c1ccc(-c2nc(-c3ccc4c(c3)oc3ccc(-c5ccc6c(c5)oc5ccccc56)cc34)nc(-c3ccc4sc5ccccc5c4c3)n2)cc1. The van der Waals surface area contributed by atoms with E-state index in [2.05, 4.69) is 91.0 Å².